The van der Waals surface area contributed by atoms with Gasteiger partial charge in [-0.25, -0.2) is 0 Å². The van der Waals surface area contributed by atoms with E-state index in [1.165, 1.54) is 75.8 Å². The molecule has 4 aromatic heterocycles. The summed E-state index contributed by atoms with van der Waals surface area (Å²) in [6.07, 6.45) is 20.4. The fourth-order valence-electron chi connectivity index (χ4n) is 9.90. The third kappa shape index (κ3) is 11.2. The van der Waals surface area contributed by atoms with Crippen LogP contribution < -0.4 is 4.57 Å². The molecule has 0 amide bonds. The van der Waals surface area contributed by atoms with E-state index in [1.807, 2.05) is 83.4 Å². The van der Waals surface area contributed by atoms with Gasteiger partial charge in [0.05, 0.1) is 12.6 Å². The van der Waals surface area contributed by atoms with Gasteiger partial charge in [0.2, 0.25) is 6.33 Å². The van der Waals surface area contributed by atoms with Crippen molar-refractivity contribution in [3.05, 3.63) is 228 Å². The van der Waals surface area contributed by atoms with Crippen molar-refractivity contribution in [1.82, 2.24) is 14.5 Å². The molecule has 0 aliphatic heterocycles. The standard InChI is InChI=1S/C33H32NO.C31H27N3.Ir/c1-21-18-24(23-14-16-33(3,4)17-15-23)12-13-25(21)29-19-30(34-20-22(29)2)28-10-7-9-27-26-8-5-6-11-31(26)35-32(27)28;1-33-20-21-34(24-33)30-17-14-25(15-18-30)10-11-26-6-5-7-27(22-26)12-13-28-16-19-31(32-23-28)29-8-3-2-4-9-29;/h5-9,11-13,18-20,23H,14-17H2,1-4H3;2-8,14-17,19-23H,10-13H2,1H3;/q-1;-2;. The average Bonchev–Trinajstić information content (AvgIpc) is 4.00. The molecule has 353 valence electrons. The van der Waals surface area contributed by atoms with Gasteiger partial charge in [0, 0.05) is 50.3 Å². The summed E-state index contributed by atoms with van der Waals surface area (Å²) in [5.74, 6) is 0.685. The minimum atomic E-state index is 0. The molecule has 6 aromatic carbocycles. The van der Waals surface area contributed by atoms with Crippen molar-refractivity contribution in [3.8, 4) is 39.3 Å². The Hall–Kier alpha value is -6.72. The van der Waals surface area contributed by atoms with Crippen LogP contribution in [0.15, 0.2) is 169 Å². The molecule has 5 nitrogen and oxygen atoms in total. The molecule has 11 rings (SSSR count). The van der Waals surface area contributed by atoms with E-state index >= 15 is 0 Å². The van der Waals surface area contributed by atoms with Crippen molar-refractivity contribution < 1.29 is 29.1 Å². The second-order valence-corrected chi connectivity index (χ2v) is 19.7. The molecule has 4 heterocycles. The molecule has 0 atom stereocenters. The Balaban J connectivity index is 0.000000171. The third-order valence-electron chi connectivity index (χ3n) is 14.1. The van der Waals surface area contributed by atoms with Gasteiger partial charge in [-0.1, -0.05) is 116 Å². The van der Waals surface area contributed by atoms with Crippen LogP contribution in [0.1, 0.15) is 84.4 Å². The number of aromatic nitrogens is 4. The number of furan rings is 1. The molecule has 1 fully saturated rings. The number of para-hydroxylation sites is 1. The molecule has 6 heteroatoms. The summed E-state index contributed by atoms with van der Waals surface area (Å²) >= 11 is 0. The monoisotopic (exact) mass is 1090 g/mol. The number of aryl methyl sites for hydroxylation is 7. The smallest absolute Gasteiger partial charge is 0.241 e. The number of imidazole rings is 1. The van der Waals surface area contributed by atoms with Crippen LogP contribution in [0.25, 0.3) is 61.3 Å². The van der Waals surface area contributed by atoms with Crippen LogP contribution in [0.4, 0.5) is 0 Å². The van der Waals surface area contributed by atoms with E-state index in [0.717, 1.165) is 75.8 Å². The van der Waals surface area contributed by atoms with Crippen molar-refractivity contribution in [3.63, 3.8) is 0 Å². The minimum Gasteiger partial charge on any atom is -0.501 e. The maximum atomic E-state index is 6.26. The normalized spacial score (nSPS) is 13.4. The van der Waals surface area contributed by atoms with E-state index in [2.05, 4.69) is 154 Å². The Morgan fingerprint density at radius 3 is 2.13 bits per heavy atom. The number of hydrogen-bond donors (Lipinski definition) is 0. The first kappa shape index (κ1) is 48.3. The number of benzene rings is 6. The Bertz CT molecular complexity index is 3340. The van der Waals surface area contributed by atoms with Crippen LogP contribution >= 0.6 is 0 Å². The zero-order valence-corrected chi connectivity index (χ0v) is 43.2. The molecule has 70 heavy (non-hydrogen) atoms. The van der Waals surface area contributed by atoms with Crippen molar-refractivity contribution in [2.45, 2.75) is 85.0 Å². The summed E-state index contributed by atoms with van der Waals surface area (Å²) in [5, 5.41) is 2.23. The molecule has 1 saturated carbocycles. The maximum Gasteiger partial charge on any atom is 0.241 e. The van der Waals surface area contributed by atoms with Gasteiger partial charge < -0.3 is 23.5 Å². The van der Waals surface area contributed by atoms with Crippen LogP contribution in [-0.4, -0.2) is 14.5 Å². The van der Waals surface area contributed by atoms with Crippen molar-refractivity contribution in [1.29, 1.82) is 0 Å². The largest absolute Gasteiger partial charge is 0.501 e. The Morgan fingerprint density at radius 1 is 0.657 bits per heavy atom. The molecule has 1 aliphatic rings. The SMILES string of the molecule is C[n+]1[c-]n(-c2[c-]cc(CCc3cccc(CCc4ccc(-c5[c-]cccc5)nc4)c3)cc2)cc1.Cc1cc(C2CCC(C)(C)CC2)ccc1-c1cc(-c2[c-]ccc3c2oc2ccccc23)ncc1C.[Ir]. The molecular formula is C64H59IrN4O-3. The summed E-state index contributed by atoms with van der Waals surface area (Å²) in [6.45, 7) is 9.21. The van der Waals surface area contributed by atoms with Gasteiger partial charge in [0.1, 0.15) is 5.58 Å². The first-order valence-corrected chi connectivity index (χ1v) is 24.5. The first-order chi connectivity index (χ1) is 33.6. The fraction of sp³-hybridized carbons (Fsp3) is 0.234. The summed E-state index contributed by atoms with van der Waals surface area (Å²) in [4.78, 5) is 9.43. The molecule has 0 unspecified atom stereocenters. The van der Waals surface area contributed by atoms with E-state index < -0.39 is 0 Å². The first-order valence-electron chi connectivity index (χ1n) is 24.5. The van der Waals surface area contributed by atoms with Crippen LogP contribution in [0.3, 0.4) is 0 Å². The molecule has 0 N–H and O–H groups in total. The molecular weight excluding hydrogens is 1030 g/mol. The number of rotatable bonds is 11. The van der Waals surface area contributed by atoms with E-state index in [9.17, 15) is 0 Å². The van der Waals surface area contributed by atoms with Gasteiger partial charge in [-0.15, -0.1) is 54.1 Å². The van der Waals surface area contributed by atoms with Gasteiger partial charge in [-0.2, -0.15) is 29.8 Å². The number of nitrogens with zero attached hydrogens (tertiary/aromatic N) is 4. The van der Waals surface area contributed by atoms with Crippen LogP contribution in [0.5, 0.6) is 0 Å². The molecule has 1 aliphatic carbocycles. The van der Waals surface area contributed by atoms with Crippen molar-refractivity contribution in [2.75, 3.05) is 0 Å². The summed E-state index contributed by atoms with van der Waals surface area (Å²) in [5.41, 5.74) is 18.9. The van der Waals surface area contributed by atoms with Gasteiger partial charge in [0.15, 0.2) is 0 Å². The predicted octanol–water partition coefficient (Wildman–Crippen LogP) is 14.7. The Morgan fingerprint density at radius 2 is 1.41 bits per heavy atom. The second-order valence-electron chi connectivity index (χ2n) is 19.7. The summed E-state index contributed by atoms with van der Waals surface area (Å²) in [7, 11) is 1.97. The molecule has 0 bridgehead atoms. The number of fused-ring (bicyclic) bond motifs is 3. The van der Waals surface area contributed by atoms with Crippen molar-refractivity contribution in [2.24, 2.45) is 12.5 Å². The topological polar surface area (TPSA) is 47.7 Å². The van der Waals surface area contributed by atoms with Gasteiger partial charge in [-0.3, -0.25) is 0 Å². The Labute approximate surface area is 427 Å². The third-order valence-corrected chi connectivity index (χ3v) is 14.1. The summed E-state index contributed by atoms with van der Waals surface area (Å²) < 4.78 is 10.1. The molecule has 0 saturated heterocycles. The van der Waals surface area contributed by atoms with Crippen LogP contribution in [0, 0.1) is 43.8 Å². The molecule has 1 radical (unpaired) electrons. The number of pyridine rings is 2. The average molecular weight is 1090 g/mol. The van der Waals surface area contributed by atoms with E-state index in [1.54, 1.807) is 0 Å². The van der Waals surface area contributed by atoms with Gasteiger partial charge in [0.25, 0.3) is 0 Å². The minimum absolute atomic E-state index is 0. The van der Waals surface area contributed by atoms with E-state index in [0.29, 0.717) is 11.3 Å². The molecule has 0 spiro atoms. The van der Waals surface area contributed by atoms with Gasteiger partial charge >= 0.3 is 0 Å². The predicted molar refractivity (Wildman–Crippen MR) is 280 cm³/mol. The fourth-order valence-corrected chi connectivity index (χ4v) is 9.90. The molecule has 10 aromatic rings. The van der Waals surface area contributed by atoms with Crippen molar-refractivity contribution >= 4 is 21.9 Å². The quantitative estimate of drug-likeness (QED) is 0.0958. The van der Waals surface area contributed by atoms with E-state index in [-0.39, 0.29) is 20.1 Å². The number of hydrogen-bond acceptors (Lipinski definition) is 3. The Kier molecular flexibility index (Phi) is 14.8. The van der Waals surface area contributed by atoms with Gasteiger partial charge in [-0.05, 0) is 132 Å². The van der Waals surface area contributed by atoms with Crippen LogP contribution in [-0.2, 0) is 52.8 Å². The maximum absolute atomic E-state index is 6.26. The zero-order chi connectivity index (χ0) is 47.3. The van der Waals surface area contributed by atoms with E-state index in [4.69, 9.17) is 9.40 Å². The van der Waals surface area contributed by atoms with Crippen LogP contribution in [0.2, 0.25) is 0 Å². The zero-order valence-electron chi connectivity index (χ0n) is 40.9. The summed E-state index contributed by atoms with van der Waals surface area (Å²) in [6, 6.07) is 59.2. The second kappa shape index (κ2) is 21.5.